The van der Waals surface area contributed by atoms with Crippen LogP contribution < -0.4 is 0 Å². The molecule has 1 nitrogen and oxygen atoms in total. The molecular weight excluding hydrogens is 220 g/mol. The molecule has 1 rings (SSSR count). The van der Waals surface area contributed by atoms with Crippen LogP contribution in [0.3, 0.4) is 0 Å². The van der Waals surface area contributed by atoms with Gasteiger partial charge in [-0.1, -0.05) is 51.1 Å². The summed E-state index contributed by atoms with van der Waals surface area (Å²) in [6.07, 6.45) is 1.35. The van der Waals surface area contributed by atoms with E-state index >= 15 is 0 Å². The van der Waals surface area contributed by atoms with Gasteiger partial charge in [-0.3, -0.25) is 0 Å². The molecule has 0 saturated carbocycles. The predicted molar refractivity (Wildman–Crippen MR) is 78.6 cm³/mol. The fraction of sp³-hybridized carbons (Fsp3) is 0.647. The first kappa shape index (κ1) is 15.2. The molecule has 0 fully saturated rings. The minimum atomic E-state index is -0.0838. The molecule has 1 aromatic rings. The minimum Gasteiger partial charge on any atom is -0.368 e. The number of rotatable bonds is 6. The first-order chi connectivity index (χ1) is 8.33. The summed E-state index contributed by atoms with van der Waals surface area (Å²) in [6.45, 7) is 13.4. The molecule has 18 heavy (non-hydrogen) atoms. The Kier molecular flexibility index (Phi) is 5.40. The molecule has 0 amide bonds. The van der Waals surface area contributed by atoms with Gasteiger partial charge < -0.3 is 4.74 Å². The number of benzene rings is 1. The zero-order valence-corrected chi connectivity index (χ0v) is 12.7. The highest BCUT2D eigenvalue weighted by atomic mass is 16.5. The molecule has 0 aliphatic heterocycles. The smallest absolute Gasteiger partial charge is 0.0804 e. The van der Waals surface area contributed by atoms with Crippen LogP contribution in [0.25, 0.3) is 0 Å². The van der Waals surface area contributed by atoms with Gasteiger partial charge in [0.2, 0.25) is 0 Å². The Labute approximate surface area is 113 Å². The van der Waals surface area contributed by atoms with E-state index in [0.29, 0.717) is 5.92 Å². The normalized spacial score (nSPS) is 15.7. The number of hydrogen-bond donors (Lipinski definition) is 0. The lowest BCUT2D eigenvalue weighted by Crippen LogP contribution is -2.34. The molecule has 0 radical (unpaired) electrons. The maximum atomic E-state index is 6.29. The third-order valence-electron chi connectivity index (χ3n) is 3.76. The fourth-order valence-corrected chi connectivity index (χ4v) is 2.35. The third kappa shape index (κ3) is 4.45. The van der Waals surface area contributed by atoms with Gasteiger partial charge in [0.25, 0.3) is 0 Å². The van der Waals surface area contributed by atoms with Crippen LogP contribution in [-0.2, 0) is 4.74 Å². The molecule has 0 aliphatic carbocycles. The van der Waals surface area contributed by atoms with Crippen LogP contribution in [0.1, 0.15) is 59.6 Å². The molecule has 0 saturated heterocycles. The Bertz CT molecular complexity index is 340. The molecule has 2 atom stereocenters. The van der Waals surface area contributed by atoms with Gasteiger partial charge in [0.15, 0.2) is 0 Å². The summed E-state index contributed by atoms with van der Waals surface area (Å²) >= 11 is 0. The molecular formula is C17H28O. The van der Waals surface area contributed by atoms with Gasteiger partial charge in [0, 0.05) is 0 Å². The van der Waals surface area contributed by atoms with Crippen LogP contribution in [0.15, 0.2) is 30.3 Å². The van der Waals surface area contributed by atoms with Crippen molar-refractivity contribution in [1.82, 2.24) is 0 Å². The summed E-state index contributed by atoms with van der Waals surface area (Å²) in [5.41, 5.74) is 1.17. The molecule has 0 spiro atoms. The standard InChI is InChI=1S/C17H28O/c1-13(2)12-14(3)17(5,6)18-15(4)16-10-8-7-9-11-16/h7-11,13-15H,12H2,1-6H3. The van der Waals surface area contributed by atoms with E-state index in [4.69, 9.17) is 4.74 Å². The molecule has 0 aromatic heterocycles. The van der Waals surface area contributed by atoms with Crippen molar-refractivity contribution in [2.75, 3.05) is 0 Å². The summed E-state index contributed by atoms with van der Waals surface area (Å²) in [4.78, 5) is 0. The first-order valence-corrected chi connectivity index (χ1v) is 7.05. The third-order valence-corrected chi connectivity index (χ3v) is 3.76. The van der Waals surface area contributed by atoms with Crippen LogP contribution in [0, 0.1) is 11.8 Å². The summed E-state index contributed by atoms with van der Waals surface area (Å²) < 4.78 is 6.29. The van der Waals surface area contributed by atoms with Crippen molar-refractivity contribution >= 4 is 0 Å². The van der Waals surface area contributed by atoms with E-state index in [0.717, 1.165) is 5.92 Å². The zero-order valence-electron chi connectivity index (χ0n) is 12.7. The van der Waals surface area contributed by atoms with Gasteiger partial charge in [0.1, 0.15) is 0 Å². The maximum absolute atomic E-state index is 6.29. The summed E-state index contributed by atoms with van der Waals surface area (Å²) in [5, 5.41) is 0. The monoisotopic (exact) mass is 248 g/mol. The lowest BCUT2D eigenvalue weighted by Gasteiger charge is -2.36. The fourth-order valence-electron chi connectivity index (χ4n) is 2.35. The van der Waals surface area contributed by atoms with E-state index in [2.05, 4.69) is 65.8 Å². The Morgan fingerprint density at radius 1 is 1.00 bits per heavy atom. The van der Waals surface area contributed by atoms with Crippen LogP contribution in [0.2, 0.25) is 0 Å². The second-order valence-electron chi connectivity index (χ2n) is 6.30. The number of ether oxygens (including phenoxy) is 1. The second kappa shape index (κ2) is 6.38. The van der Waals surface area contributed by atoms with Crippen LogP contribution in [0.5, 0.6) is 0 Å². The van der Waals surface area contributed by atoms with Gasteiger partial charge in [-0.25, -0.2) is 0 Å². The second-order valence-corrected chi connectivity index (χ2v) is 6.30. The van der Waals surface area contributed by atoms with Crippen molar-refractivity contribution in [1.29, 1.82) is 0 Å². The van der Waals surface area contributed by atoms with Crippen LogP contribution in [-0.4, -0.2) is 5.60 Å². The van der Waals surface area contributed by atoms with Crippen molar-refractivity contribution in [3.63, 3.8) is 0 Å². The minimum absolute atomic E-state index is 0.0838. The van der Waals surface area contributed by atoms with E-state index < -0.39 is 0 Å². The zero-order chi connectivity index (χ0) is 13.8. The van der Waals surface area contributed by atoms with Gasteiger partial charge in [-0.15, -0.1) is 0 Å². The predicted octanol–water partition coefficient (Wildman–Crippen LogP) is 5.23. The Balaban J connectivity index is 2.65. The largest absolute Gasteiger partial charge is 0.368 e. The van der Waals surface area contributed by atoms with Gasteiger partial charge in [-0.05, 0) is 44.6 Å². The van der Waals surface area contributed by atoms with E-state index in [-0.39, 0.29) is 11.7 Å². The highest BCUT2D eigenvalue weighted by Gasteiger charge is 2.29. The molecule has 1 aromatic carbocycles. The summed E-state index contributed by atoms with van der Waals surface area (Å²) in [7, 11) is 0. The molecule has 0 N–H and O–H groups in total. The Morgan fingerprint density at radius 3 is 2.06 bits per heavy atom. The highest BCUT2D eigenvalue weighted by Crippen LogP contribution is 2.32. The molecule has 0 heterocycles. The van der Waals surface area contributed by atoms with Crippen LogP contribution in [0.4, 0.5) is 0 Å². The van der Waals surface area contributed by atoms with Gasteiger partial charge in [0.05, 0.1) is 11.7 Å². The molecule has 0 aliphatic rings. The summed E-state index contributed by atoms with van der Waals surface area (Å²) in [5.74, 6) is 1.28. The quantitative estimate of drug-likeness (QED) is 0.670. The lowest BCUT2D eigenvalue weighted by atomic mass is 9.85. The Hall–Kier alpha value is -0.820. The first-order valence-electron chi connectivity index (χ1n) is 7.05. The summed E-state index contributed by atoms with van der Waals surface area (Å²) in [6, 6.07) is 10.4. The van der Waals surface area contributed by atoms with Crippen LogP contribution >= 0.6 is 0 Å². The van der Waals surface area contributed by atoms with Crippen molar-refractivity contribution in [2.45, 2.75) is 59.7 Å². The van der Waals surface area contributed by atoms with Crippen molar-refractivity contribution in [2.24, 2.45) is 11.8 Å². The lowest BCUT2D eigenvalue weighted by molar-refractivity contribution is -0.101. The number of hydrogen-bond acceptors (Lipinski definition) is 1. The van der Waals surface area contributed by atoms with E-state index in [1.54, 1.807) is 0 Å². The van der Waals surface area contributed by atoms with Crippen molar-refractivity contribution in [3.05, 3.63) is 35.9 Å². The van der Waals surface area contributed by atoms with Crippen molar-refractivity contribution < 1.29 is 4.74 Å². The van der Waals surface area contributed by atoms with E-state index in [1.807, 2.05) is 6.07 Å². The molecule has 0 bridgehead atoms. The average molecular weight is 248 g/mol. The van der Waals surface area contributed by atoms with E-state index in [9.17, 15) is 0 Å². The molecule has 1 heteroatoms. The van der Waals surface area contributed by atoms with E-state index in [1.165, 1.54) is 12.0 Å². The van der Waals surface area contributed by atoms with Crippen molar-refractivity contribution in [3.8, 4) is 0 Å². The highest BCUT2D eigenvalue weighted by molar-refractivity contribution is 5.17. The molecule has 102 valence electrons. The SMILES string of the molecule is CC(C)CC(C)C(C)(C)OC(C)c1ccccc1. The van der Waals surface area contributed by atoms with Gasteiger partial charge in [-0.2, -0.15) is 0 Å². The Morgan fingerprint density at radius 2 is 1.56 bits per heavy atom. The average Bonchev–Trinajstić information content (AvgIpc) is 2.28. The maximum Gasteiger partial charge on any atom is 0.0804 e. The molecule has 2 unspecified atom stereocenters. The topological polar surface area (TPSA) is 9.23 Å². The van der Waals surface area contributed by atoms with Gasteiger partial charge >= 0.3 is 0 Å².